The topological polar surface area (TPSA) is 8.17 Å². The number of aryl methyl sites for hydroxylation is 1. The van der Waals surface area contributed by atoms with Gasteiger partial charge in [0, 0.05) is 24.1 Å². The minimum absolute atomic E-state index is 0.959. The van der Waals surface area contributed by atoms with Crippen molar-refractivity contribution in [2.75, 3.05) is 14.1 Å². The lowest BCUT2D eigenvalue weighted by atomic mass is 10.2. The third kappa shape index (κ3) is 2.34. The van der Waals surface area contributed by atoms with E-state index in [9.17, 15) is 0 Å². The van der Waals surface area contributed by atoms with Gasteiger partial charge in [0.2, 0.25) is 0 Å². The van der Waals surface area contributed by atoms with Crippen molar-refractivity contribution < 1.29 is 0 Å². The van der Waals surface area contributed by atoms with Crippen LogP contribution in [0.15, 0.2) is 42.6 Å². The van der Waals surface area contributed by atoms with Gasteiger partial charge in [0.05, 0.1) is 0 Å². The van der Waals surface area contributed by atoms with Crippen molar-refractivity contribution in [3.63, 3.8) is 0 Å². The van der Waals surface area contributed by atoms with E-state index in [1.807, 2.05) is 0 Å². The number of nitrogens with zero attached hydrogens (tertiary/aromatic N) is 2. The first-order valence-corrected chi connectivity index (χ1v) is 5.55. The molecular formula is C14H18N2. The molecular weight excluding hydrogens is 196 g/mol. The summed E-state index contributed by atoms with van der Waals surface area (Å²) in [6, 6.07) is 12.9. The Bertz CT molecular complexity index is 452. The minimum atomic E-state index is 0.959. The largest absolute Gasteiger partial charge is 0.320 e. The Morgan fingerprint density at radius 1 is 1.06 bits per heavy atom. The van der Waals surface area contributed by atoms with Crippen LogP contribution in [0.2, 0.25) is 0 Å². The molecule has 0 N–H and O–H groups in total. The molecule has 0 fully saturated rings. The molecule has 1 aromatic carbocycles. The first-order chi connectivity index (χ1) is 7.66. The molecule has 84 valence electrons. The van der Waals surface area contributed by atoms with Crippen LogP contribution in [0.25, 0.3) is 5.69 Å². The molecule has 1 aromatic heterocycles. The van der Waals surface area contributed by atoms with Crippen LogP contribution in [0.3, 0.4) is 0 Å². The molecule has 0 aliphatic carbocycles. The molecule has 0 saturated carbocycles. The first-order valence-electron chi connectivity index (χ1n) is 5.55. The molecule has 1 heterocycles. The van der Waals surface area contributed by atoms with Crippen LogP contribution in [-0.2, 0) is 6.54 Å². The van der Waals surface area contributed by atoms with Gasteiger partial charge < -0.3 is 9.47 Å². The van der Waals surface area contributed by atoms with E-state index in [0.717, 1.165) is 6.54 Å². The van der Waals surface area contributed by atoms with Gasteiger partial charge in [0.25, 0.3) is 0 Å². The highest BCUT2D eigenvalue weighted by atomic mass is 15.1. The molecule has 2 rings (SSSR count). The molecule has 0 aliphatic heterocycles. The van der Waals surface area contributed by atoms with E-state index in [0.29, 0.717) is 0 Å². The fourth-order valence-electron chi connectivity index (χ4n) is 1.83. The molecule has 2 nitrogen and oxygen atoms in total. The lowest BCUT2D eigenvalue weighted by Crippen LogP contribution is -2.13. The fourth-order valence-corrected chi connectivity index (χ4v) is 1.83. The average molecular weight is 214 g/mol. The van der Waals surface area contributed by atoms with Crippen LogP contribution >= 0.6 is 0 Å². The standard InChI is InChI=1S/C14H18N2/c1-12-6-8-13(9-7-12)16-10-4-5-14(16)11-15(2)3/h4-10H,11H2,1-3H3. The molecule has 0 amide bonds. The second kappa shape index (κ2) is 4.54. The van der Waals surface area contributed by atoms with Gasteiger partial charge in [-0.2, -0.15) is 0 Å². The van der Waals surface area contributed by atoms with Crippen LogP contribution in [0.1, 0.15) is 11.3 Å². The van der Waals surface area contributed by atoms with Gasteiger partial charge in [-0.05, 0) is 45.3 Å². The lowest BCUT2D eigenvalue weighted by molar-refractivity contribution is 0.394. The maximum absolute atomic E-state index is 2.24. The summed E-state index contributed by atoms with van der Waals surface area (Å²) in [6.07, 6.45) is 2.11. The highest BCUT2D eigenvalue weighted by Crippen LogP contribution is 2.14. The Morgan fingerprint density at radius 2 is 1.75 bits per heavy atom. The number of benzene rings is 1. The molecule has 16 heavy (non-hydrogen) atoms. The maximum Gasteiger partial charge on any atom is 0.0453 e. The van der Waals surface area contributed by atoms with Gasteiger partial charge in [-0.1, -0.05) is 17.7 Å². The third-order valence-corrected chi connectivity index (χ3v) is 2.62. The SMILES string of the molecule is Cc1ccc(-n2cccc2CN(C)C)cc1. The van der Waals surface area contributed by atoms with Crippen LogP contribution < -0.4 is 0 Å². The molecule has 0 atom stereocenters. The number of rotatable bonds is 3. The van der Waals surface area contributed by atoms with E-state index in [2.05, 4.69) is 73.1 Å². The van der Waals surface area contributed by atoms with Crippen LogP contribution in [0.4, 0.5) is 0 Å². The van der Waals surface area contributed by atoms with E-state index in [1.54, 1.807) is 0 Å². The number of hydrogen-bond donors (Lipinski definition) is 0. The summed E-state index contributed by atoms with van der Waals surface area (Å²) < 4.78 is 2.24. The maximum atomic E-state index is 2.24. The van der Waals surface area contributed by atoms with Crippen molar-refractivity contribution in [2.45, 2.75) is 13.5 Å². The van der Waals surface area contributed by atoms with E-state index in [4.69, 9.17) is 0 Å². The van der Waals surface area contributed by atoms with Gasteiger partial charge >= 0.3 is 0 Å². The van der Waals surface area contributed by atoms with E-state index >= 15 is 0 Å². The Morgan fingerprint density at radius 3 is 2.38 bits per heavy atom. The molecule has 0 bridgehead atoms. The highest BCUT2D eigenvalue weighted by Gasteiger charge is 2.03. The van der Waals surface area contributed by atoms with Crippen LogP contribution in [-0.4, -0.2) is 23.6 Å². The molecule has 0 aliphatic rings. The quantitative estimate of drug-likeness (QED) is 0.762. The summed E-state index contributed by atoms with van der Waals surface area (Å²) in [5, 5.41) is 0. The summed E-state index contributed by atoms with van der Waals surface area (Å²) in [7, 11) is 4.18. The van der Waals surface area contributed by atoms with Gasteiger partial charge in [0.1, 0.15) is 0 Å². The molecule has 2 heteroatoms. The Kier molecular flexibility index (Phi) is 3.11. The molecule has 0 saturated heterocycles. The number of hydrogen-bond acceptors (Lipinski definition) is 1. The van der Waals surface area contributed by atoms with Crippen molar-refractivity contribution in [1.29, 1.82) is 0 Å². The van der Waals surface area contributed by atoms with Gasteiger partial charge in [-0.3, -0.25) is 0 Å². The van der Waals surface area contributed by atoms with Crippen molar-refractivity contribution in [1.82, 2.24) is 9.47 Å². The minimum Gasteiger partial charge on any atom is -0.320 e. The van der Waals surface area contributed by atoms with Crippen molar-refractivity contribution in [3.05, 3.63) is 53.9 Å². The van der Waals surface area contributed by atoms with E-state index in [1.165, 1.54) is 16.9 Å². The van der Waals surface area contributed by atoms with Crippen molar-refractivity contribution in [3.8, 4) is 5.69 Å². The predicted octanol–water partition coefficient (Wildman–Crippen LogP) is 2.85. The highest BCUT2D eigenvalue weighted by molar-refractivity contribution is 5.37. The van der Waals surface area contributed by atoms with Crippen LogP contribution in [0, 0.1) is 6.92 Å². The summed E-state index contributed by atoms with van der Waals surface area (Å²) >= 11 is 0. The van der Waals surface area contributed by atoms with Gasteiger partial charge in [0.15, 0.2) is 0 Å². The average Bonchev–Trinajstić information content (AvgIpc) is 2.66. The van der Waals surface area contributed by atoms with Gasteiger partial charge in [-0.25, -0.2) is 0 Å². The second-order valence-corrected chi connectivity index (χ2v) is 4.44. The Hall–Kier alpha value is -1.54. The fraction of sp³-hybridized carbons (Fsp3) is 0.286. The zero-order valence-electron chi connectivity index (χ0n) is 10.1. The predicted molar refractivity (Wildman–Crippen MR) is 67.9 cm³/mol. The zero-order valence-corrected chi connectivity index (χ0v) is 10.1. The second-order valence-electron chi connectivity index (χ2n) is 4.44. The first kappa shape index (κ1) is 11.0. The summed E-state index contributed by atoms with van der Waals surface area (Å²) in [5.74, 6) is 0. The third-order valence-electron chi connectivity index (χ3n) is 2.62. The summed E-state index contributed by atoms with van der Waals surface area (Å²) in [5.41, 5.74) is 3.84. The smallest absolute Gasteiger partial charge is 0.0453 e. The molecule has 0 unspecified atom stereocenters. The Balaban J connectivity index is 2.33. The summed E-state index contributed by atoms with van der Waals surface area (Å²) in [4.78, 5) is 2.18. The molecule has 0 radical (unpaired) electrons. The molecule has 0 spiro atoms. The Labute approximate surface area is 97.1 Å². The van der Waals surface area contributed by atoms with E-state index in [-0.39, 0.29) is 0 Å². The monoisotopic (exact) mass is 214 g/mol. The van der Waals surface area contributed by atoms with Gasteiger partial charge in [-0.15, -0.1) is 0 Å². The normalized spacial score (nSPS) is 11.0. The van der Waals surface area contributed by atoms with Crippen LogP contribution in [0.5, 0.6) is 0 Å². The zero-order chi connectivity index (χ0) is 11.5. The van der Waals surface area contributed by atoms with Crippen molar-refractivity contribution in [2.24, 2.45) is 0 Å². The summed E-state index contributed by atoms with van der Waals surface area (Å²) in [6.45, 7) is 3.07. The molecule has 2 aromatic rings. The van der Waals surface area contributed by atoms with Crippen molar-refractivity contribution >= 4 is 0 Å². The van der Waals surface area contributed by atoms with E-state index < -0.39 is 0 Å². The lowest BCUT2D eigenvalue weighted by Gasteiger charge is -2.13. The number of aromatic nitrogens is 1.